The van der Waals surface area contributed by atoms with E-state index >= 15 is 0 Å². The molecule has 0 spiro atoms. The van der Waals surface area contributed by atoms with Crippen molar-refractivity contribution < 1.29 is 17.9 Å². The Morgan fingerprint density at radius 2 is 1.69 bits per heavy atom. The van der Waals surface area contributed by atoms with Gasteiger partial charge in [-0.1, -0.05) is 26.0 Å². The van der Waals surface area contributed by atoms with Gasteiger partial charge in [-0.05, 0) is 68.7 Å². The van der Waals surface area contributed by atoms with Crippen LogP contribution in [-0.4, -0.2) is 37.8 Å². The molecule has 0 fully saturated rings. The number of amides is 1. The summed E-state index contributed by atoms with van der Waals surface area (Å²) in [4.78, 5) is 12.6. The number of anilines is 1. The Kier molecular flexibility index (Phi) is 8.22. The van der Waals surface area contributed by atoms with E-state index < -0.39 is 16.1 Å². The molecule has 0 aliphatic rings. The van der Waals surface area contributed by atoms with Crippen LogP contribution in [0, 0.1) is 6.92 Å². The van der Waals surface area contributed by atoms with E-state index in [-0.39, 0.29) is 10.8 Å². The van der Waals surface area contributed by atoms with Crippen molar-refractivity contribution in [1.82, 2.24) is 4.31 Å². The summed E-state index contributed by atoms with van der Waals surface area (Å²) < 4.78 is 32.8. The highest BCUT2D eigenvalue weighted by molar-refractivity contribution is 7.89. The van der Waals surface area contributed by atoms with Crippen molar-refractivity contribution in [3.8, 4) is 5.75 Å². The Morgan fingerprint density at radius 1 is 1.07 bits per heavy atom. The second-order valence-corrected chi connectivity index (χ2v) is 8.93. The number of nitrogens with zero attached hydrogens (tertiary/aromatic N) is 1. The van der Waals surface area contributed by atoms with Gasteiger partial charge in [-0.25, -0.2) is 8.42 Å². The topological polar surface area (TPSA) is 75.7 Å². The molecule has 29 heavy (non-hydrogen) atoms. The molecule has 0 aromatic heterocycles. The van der Waals surface area contributed by atoms with Gasteiger partial charge < -0.3 is 10.1 Å². The van der Waals surface area contributed by atoms with E-state index in [1.165, 1.54) is 16.4 Å². The Hall–Kier alpha value is -2.38. The summed E-state index contributed by atoms with van der Waals surface area (Å²) >= 11 is 0. The summed E-state index contributed by atoms with van der Waals surface area (Å²) in [7, 11) is -3.54. The van der Waals surface area contributed by atoms with Crippen molar-refractivity contribution in [2.45, 2.75) is 51.5 Å². The molecule has 0 saturated heterocycles. The summed E-state index contributed by atoms with van der Waals surface area (Å²) in [6.45, 7) is 8.51. The molecular weight excluding hydrogens is 388 g/mol. The van der Waals surface area contributed by atoms with E-state index in [0.717, 1.165) is 18.4 Å². The smallest absolute Gasteiger partial charge is 0.265 e. The molecule has 0 bridgehead atoms. The highest BCUT2D eigenvalue weighted by atomic mass is 32.2. The maximum absolute atomic E-state index is 12.8. The zero-order valence-corrected chi connectivity index (χ0v) is 18.3. The molecule has 0 heterocycles. The van der Waals surface area contributed by atoms with E-state index in [1.807, 2.05) is 39.0 Å². The first kappa shape index (κ1) is 22.9. The maximum atomic E-state index is 12.8. The Bertz CT molecular complexity index is 905. The van der Waals surface area contributed by atoms with Gasteiger partial charge in [0.25, 0.3) is 5.91 Å². The number of benzene rings is 2. The van der Waals surface area contributed by atoms with Gasteiger partial charge in [0.15, 0.2) is 6.10 Å². The van der Waals surface area contributed by atoms with Crippen LogP contribution >= 0.6 is 0 Å². The number of carbonyl (C=O) groups is 1. The average Bonchev–Trinajstić information content (AvgIpc) is 2.68. The van der Waals surface area contributed by atoms with E-state index in [9.17, 15) is 13.2 Å². The lowest BCUT2D eigenvalue weighted by Gasteiger charge is -2.21. The van der Waals surface area contributed by atoms with Crippen LogP contribution in [0.1, 0.15) is 39.2 Å². The van der Waals surface area contributed by atoms with Crippen LogP contribution in [0.5, 0.6) is 5.75 Å². The van der Waals surface area contributed by atoms with E-state index in [1.54, 1.807) is 25.1 Å². The molecule has 1 atom stereocenters. The fourth-order valence-corrected chi connectivity index (χ4v) is 4.52. The molecule has 1 N–H and O–H groups in total. The number of nitrogens with one attached hydrogen (secondary N) is 1. The van der Waals surface area contributed by atoms with Gasteiger partial charge in [0.2, 0.25) is 10.0 Å². The van der Waals surface area contributed by atoms with Crippen LogP contribution in [-0.2, 0) is 14.8 Å². The number of rotatable bonds is 10. The molecule has 2 aromatic carbocycles. The highest BCUT2D eigenvalue weighted by Gasteiger charge is 2.23. The minimum absolute atomic E-state index is 0.224. The Balaban J connectivity index is 2.04. The molecule has 7 heteroatoms. The predicted molar refractivity (Wildman–Crippen MR) is 116 cm³/mol. The van der Waals surface area contributed by atoms with Crippen LogP contribution in [0.3, 0.4) is 0 Å². The second kappa shape index (κ2) is 10.4. The summed E-state index contributed by atoms with van der Waals surface area (Å²) in [5, 5.41) is 2.76. The molecule has 0 aliphatic heterocycles. The summed E-state index contributed by atoms with van der Waals surface area (Å²) in [5.74, 6) is 0.321. The molecule has 0 saturated carbocycles. The first-order chi connectivity index (χ1) is 13.8. The van der Waals surface area contributed by atoms with Crippen LogP contribution in [0.15, 0.2) is 53.4 Å². The quantitative estimate of drug-likeness (QED) is 0.627. The maximum Gasteiger partial charge on any atom is 0.265 e. The third kappa shape index (κ3) is 6.30. The van der Waals surface area contributed by atoms with Crippen molar-refractivity contribution in [2.24, 2.45) is 0 Å². The first-order valence-electron chi connectivity index (χ1n) is 9.92. The molecule has 1 amide bonds. The van der Waals surface area contributed by atoms with Gasteiger partial charge >= 0.3 is 0 Å². The number of ether oxygens (including phenoxy) is 1. The molecular formula is C22H30N2O4S. The fourth-order valence-electron chi connectivity index (χ4n) is 2.90. The number of carbonyl (C=O) groups excluding carboxylic acids is 1. The molecule has 1 unspecified atom stereocenters. The van der Waals surface area contributed by atoms with Crippen molar-refractivity contribution in [1.29, 1.82) is 0 Å². The van der Waals surface area contributed by atoms with Gasteiger partial charge in [0.05, 0.1) is 4.90 Å². The van der Waals surface area contributed by atoms with E-state index in [4.69, 9.17) is 4.74 Å². The second-order valence-electron chi connectivity index (χ2n) is 6.99. The summed E-state index contributed by atoms with van der Waals surface area (Å²) in [6, 6.07) is 13.7. The zero-order chi connectivity index (χ0) is 21.4. The minimum Gasteiger partial charge on any atom is -0.481 e. The highest BCUT2D eigenvalue weighted by Crippen LogP contribution is 2.20. The van der Waals surface area contributed by atoms with Gasteiger partial charge in [-0.15, -0.1) is 0 Å². The SMILES string of the molecule is CCCN(CCC)S(=O)(=O)c1ccc(NC(=O)C(C)Oc2cccc(C)c2)cc1. The Labute approximate surface area is 173 Å². The van der Waals surface area contributed by atoms with Gasteiger partial charge in [-0.2, -0.15) is 4.31 Å². The lowest BCUT2D eigenvalue weighted by atomic mass is 10.2. The van der Waals surface area contributed by atoms with Crippen LogP contribution in [0.4, 0.5) is 5.69 Å². The van der Waals surface area contributed by atoms with Gasteiger partial charge in [0, 0.05) is 18.8 Å². The number of sulfonamides is 1. The predicted octanol–water partition coefficient (Wildman–Crippen LogP) is 4.21. The minimum atomic E-state index is -3.54. The number of aryl methyl sites for hydroxylation is 1. The normalized spacial score (nSPS) is 12.6. The van der Waals surface area contributed by atoms with Crippen LogP contribution < -0.4 is 10.1 Å². The molecule has 0 radical (unpaired) electrons. The van der Waals surface area contributed by atoms with Crippen LogP contribution in [0.2, 0.25) is 0 Å². The number of hydrogen-bond acceptors (Lipinski definition) is 4. The molecule has 2 rings (SSSR count). The monoisotopic (exact) mass is 418 g/mol. The van der Waals surface area contributed by atoms with E-state index in [2.05, 4.69) is 5.32 Å². The van der Waals surface area contributed by atoms with Crippen molar-refractivity contribution in [2.75, 3.05) is 18.4 Å². The largest absolute Gasteiger partial charge is 0.481 e. The standard InChI is InChI=1S/C22H30N2O4S/c1-5-14-24(15-6-2)29(26,27)21-12-10-19(11-13-21)23-22(25)18(4)28-20-9-7-8-17(3)16-20/h7-13,16,18H,5-6,14-15H2,1-4H3,(H,23,25). The number of hydrogen-bond donors (Lipinski definition) is 1. The lowest BCUT2D eigenvalue weighted by molar-refractivity contribution is -0.122. The van der Waals surface area contributed by atoms with E-state index in [0.29, 0.717) is 24.5 Å². The van der Waals surface area contributed by atoms with Crippen molar-refractivity contribution in [3.63, 3.8) is 0 Å². The van der Waals surface area contributed by atoms with Crippen LogP contribution in [0.25, 0.3) is 0 Å². The fraction of sp³-hybridized carbons (Fsp3) is 0.409. The zero-order valence-electron chi connectivity index (χ0n) is 17.5. The third-order valence-corrected chi connectivity index (χ3v) is 6.29. The Morgan fingerprint density at radius 3 is 2.24 bits per heavy atom. The van der Waals surface area contributed by atoms with Gasteiger partial charge in [0.1, 0.15) is 5.75 Å². The molecule has 158 valence electrons. The van der Waals surface area contributed by atoms with Crippen molar-refractivity contribution in [3.05, 3.63) is 54.1 Å². The lowest BCUT2D eigenvalue weighted by Crippen LogP contribution is -2.32. The summed E-state index contributed by atoms with van der Waals surface area (Å²) in [5.41, 5.74) is 1.57. The molecule has 6 nitrogen and oxygen atoms in total. The summed E-state index contributed by atoms with van der Waals surface area (Å²) in [6.07, 6.45) is 0.822. The van der Waals surface area contributed by atoms with Gasteiger partial charge in [-0.3, -0.25) is 4.79 Å². The first-order valence-corrected chi connectivity index (χ1v) is 11.4. The molecule has 2 aromatic rings. The third-order valence-electron chi connectivity index (χ3n) is 4.38. The molecule has 0 aliphatic carbocycles. The van der Waals surface area contributed by atoms with Crippen molar-refractivity contribution >= 4 is 21.6 Å². The average molecular weight is 419 g/mol.